The third kappa shape index (κ3) is 2.67. The third-order valence-corrected chi connectivity index (χ3v) is 7.37. The highest BCUT2D eigenvalue weighted by Gasteiger charge is 2.71. The molecule has 1 saturated carbocycles. The van der Waals surface area contributed by atoms with E-state index in [1.165, 1.54) is 23.3 Å². The van der Waals surface area contributed by atoms with E-state index in [1.54, 1.807) is 12.1 Å². The van der Waals surface area contributed by atoms with Crippen molar-refractivity contribution in [1.29, 1.82) is 0 Å². The SMILES string of the molecule is CC.Cc1ccc2c(c1)CCC1C(C=O)C21S(=O)c1ccc(F)cc1. The maximum atomic E-state index is 13.3. The first-order valence-electron chi connectivity index (χ1n) is 8.81. The summed E-state index contributed by atoms with van der Waals surface area (Å²) >= 11 is 0. The van der Waals surface area contributed by atoms with Gasteiger partial charge in [-0.2, -0.15) is 0 Å². The first-order chi connectivity index (χ1) is 12.1. The Morgan fingerprint density at radius 1 is 1.16 bits per heavy atom. The Balaban J connectivity index is 0.000000880. The average Bonchev–Trinajstić information content (AvgIpc) is 3.32. The Labute approximate surface area is 150 Å². The standard InChI is InChI=1S/C19H17FO2S.C2H6/c1-12-2-8-16-13(10-12)3-9-17-18(11-21)19(16,17)23(22)15-6-4-14(20)5-7-15;1-2/h2,4-8,10-11,17-18H,3,9H2,1H3;1-2H3. The Morgan fingerprint density at radius 3 is 2.48 bits per heavy atom. The Morgan fingerprint density at radius 2 is 1.84 bits per heavy atom. The van der Waals surface area contributed by atoms with Gasteiger partial charge >= 0.3 is 0 Å². The highest BCUT2D eigenvalue weighted by atomic mass is 32.2. The first-order valence-corrected chi connectivity index (χ1v) is 9.96. The number of halogens is 1. The number of fused-ring (bicyclic) bond motifs is 3. The lowest BCUT2D eigenvalue weighted by atomic mass is 9.90. The van der Waals surface area contributed by atoms with Gasteiger partial charge in [0.2, 0.25) is 0 Å². The zero-order valence-corrected chi connectivity index (χ0v) is 15.6. The van der Waals surface area contributed by atoms with Crippen LogP contribution >= 0.6 is 0 Å². The Kier molecular flexibility index (Phi) is 4.92. The summed E-state index contributed by atoms with van der Waals surface area (Å²) in [6.45, 7) is 6.04. The molecule has 2 nitrogen and oxygen atoms in total. The van der Waals surface area contributed by atoms with Crippen molar-refractivity contribution in [1.82, 2.24) is 0 Å². The number of hydrogen-bond donors (Lipinski definition) is 0. The van der Waals surface area contributed by atoms with Gasteiger partial charge < -0.3 is 4.79 Å². The van der Waals surface area contributed by atoms with Crippen LogP contribution in [0.3, 0.4) is 0 Å². The highest BCUT2D eigenvalue weighted by molar-refractivity contribution is 7.86. The van der Waals surface area contributed by atoms with Crippen molar-refractivity contribution in [3.63, 3.8) is 0 Å². The first kappa shape index (κ1) is 18.0. The van der Waals surface area contributed by atoms with Crippen LogP contribution in [0.5, 0.6) is 0 Å². The van der Waals surface area contributed by atoms with Gasteiger partial charge in [-0.15, -0.1) is 0 Å². The highest BCUT2D eigenvalue weighted by Crippen LogP contribution is 2.67. The van der Waals surface area contributed by atoms with Gasteiger partial charge in [-0.3, -0.25) is 4.21 Å². The van der Waals surface area contributed by atoms with Gasteiger partial charge in [0.25, 0.3) is 0 Å². The van der Waals surface area contributed by atoms with E-state index in [0.717, 1.165) is 24.7 Å². The molecule has 0 aliphatic heterocycles. The van der Waals surface area contributed by atoms with Crippen molar-refractivity contribution in [2.45, 2.75) is 43.3 Å². The molecule has 0 spiro atoms. The molecule has 0 amide bonds. The quantitative estimate of drug-likeness (QED) is 0.754. The van der Waals surface area contributed by atoms with Crippen LogP contribution in [0.15, 0.2) is 47.4 Å². The molecule has 132 valence electrons. The third-order valence-electron chi connectivity index (χ3n) is 5.26. The van der Waals surface area contributed by atoms with Crippen LogP contribution in [0.1, 0.15) is 37.0 Å². The molecule has 2 aromatic carbocycles. The van der Waals surface area contributed by atoms with E-state index in [9.17, 15) is 13.4 Å². The van der Waals surface area contributed by atoms with E-state index < -0.39 is 15.5 Å². The molecule has 0 radical (unpaired) electrons. The molecule has 0 aromatic heterocycles. The second-order valence-electron chi connectivity index (χ2n) is 6.48. The molecule has 1 fully saturated rings. The summed E-state index contributed by atoms with van der Waals surface area (Å²) in [5.74, 6) is -0.430. The monoisotopic (exact) mass is 358 g/mol. The number of aryl methyl sites for hydroxylation is 2. The number of carbonyl (C=O) groups excluding carboxylic acids is 1. The van der Waals surface area contributed by atoms with Gasteiger partial charge in [-0.1, -0.05) is 37.6 Å². The van der Waals surface area contributed by atoms with E-state index in [0.29, 0.717) is 4.90 Å². The number of hydrogen-bond acceptors (Lipinski definition) is 2. The predicted octanol–water partition coefficient (Wildman–Crippen LogP) is 4.55. The minimum atomic E-state index is -1.37. The largest absolute Gasteiger partial charge is 0.303 e. The van der Waals surface area contributed by atoms with Crippen LogP contribution in [0.2, 0.25) is 0 Å². The molecular formula is C21H23FO2S. The molecule has 4 rings (SSSR count). The molecule has 0 bridgehead atoms. The smallest absolute Gasteiger partial charge is 0.125 e. The van der Waals surface area contributed by atoms with Gasteiger partial charge in [0, 0.05) is 10.8 Å². The molecule has 4 heteroatoms. The van der Waals surface area contributed by atoms with Crippen molar-refractivity contribution >= 4 is 17.1 Å². The zero-order valence-electron chi connectivity index (χ0n) is 14.8. The lowest BCUT2D eigenvalue weighted by Gasteiger charge is -2.26. The molecule has 4 atom stereocenters. The van der Waals surface area contributed by atoms with Crippen molar-refractivity contribution < 1.29 is 13.4 Å². The molecule has 0 N–H and O–H groups in total. The maximum Gasteiger partial charge on any atom is 0.125 e. The van der Waals surface area contributed by atoms with E-state index in [-0.39, 0.29) is 17.7 Å². The molecule has 4 unspecified atom stereocenters. The van der Waals surface area contributed by atoms with Crippen LogP contribution in [0.25, 0.3) is 0 Å². The van der Waals surface area contributed by atoms with E-state index >= 15 is 0 Å². The van der Waals surface area contributed by atoms with Crippen LogP contribution in [-0.4, -0.2) is 10.5 Å². The van der Waals surface area contributed by atoms with Crippen LogP contribution in [-0.2, 0) is 26.8 Å². The second-order valence-corrected chi connectivity index (χ2v) is 8.17. The summed E-state index contributed by atoms with van der Waals surface area (Å²) in [6, 6.07) is 12.0. The van der Waals surface area contributed by atoms with Crippen LogP contribution in [0, 0.1) is 24.6 Å². The summed E-state index contributed by atoms with van der Waals surface area (Å²) in [6.07, 6.45) is 2.77. The summed E-state index contributed by atoms with van der Waals surface area (Å²) in [5.41, 5.74) is 3.41. The maximum absolute atomic E-state index is 13.3. The second kappa shape index (κ2) is 6.83. The zero-order chi connectivity index (χ0) is 18.2. The van der Waals surface area contributed by atoms with Gasteiger partial charge in [-0.05, 0) is 61.1 Å². The fourth-order valence-corrected chi connectivity index (χ4v) is 6.28. The van der Waals surface area contributed by atoms with Gasteiger partial charge in [0.15, 0.2) is 0 Å². The van der Waals surface area contributed by atoms with Crippen molar-refractivity contribution in [2.75, 3.05) is 0 Å². The van der Waals surface area contributed by atoms with Crippen LogP contribution < -0.4 is 0 Å². The predicted molar refractivity (Wildman–Crippen MR) is 98.4 cm³/mol. The van der Waals surface area contributed by atoms with E-state index in [2.05, 4.69) is 6.07 Å². The van der Waals surface area contributed by atoms with Gasteiger partial charge in [0.1, 0.15) is 12.1 Å². The van der Waals surface area contributed by atoms with Crippen molar-refractivity contribution in [3.05, 3.63) is 65.0 Å². The van der Waals surface area contributed by atoms with Crippen LogP contribution in [0.4, 0.5) is 4.39 Å². The molecule has 2 aliphatic rings. The normalized spacial score (nSPS) is 27.2. The minimum Gasteiger partial charge on any atom is -0.303 e. The number of rotatable bonds is 3. The Bertz CT molecular complexity index is 815. The molecule has 0 saturated heterocycles. The number of benzene rings is 2. The molecule has 2 aliphatic carbocycles. The van der Waals surface area contributed by atoms with E-state index in [4.69, 9.17) is 0 Å². The molecular weight excluding hydrogens is 335 g/mol. The Hall–Kier alpha value is -1.81. The summed E-state index contributed by atoms with van der Waals surface area (Å²) < 4.78 is 25.9. The minimum absolute atomic E-state index is 0.126. The summed E-state index contributed by atoms with van der Waals surface area (Å²) in [7, 11) is -1.37. The van der Waals surface area contributed by atoms with E-state index in [1.807, 2.05) is 32.9 Å². The lowest BCUT2D eigenvalue weighted by Crippen LogP contribution is -2.25. The fourth-order valence-electron chi connectivity index (χ4n) is 4.17. The summed E-state index contributed by atoms with van der Waals surface area (Å²) in [4.78, 5) is 12.2. The number of carbonyl (C=O) groups is 1. The molecule has 2 aromatic rings. The lowest BCUT2D eigenvalue weighted by molar-refractivity contribution is -0.109. The summed E-state index contributed by atoms with van der Waals surface area (Å²) in [5, 5.41) is 0. The van der Waals surface area contributed by atoms with Crippen molar-refractivity contribution in [2.24, 2.45) is 11.8 Å². The molecule has 25 heavy (non-hydrogen) atoms. The number of aldehydes is 1. The van der Waals surface area contributed by atoms with Gasteiger partial charge in [-0.25, -0.2) is 4.39 Å². The average molecular weight is 358 g/mol. The van der Waals surface area contributed by atoms with Gasteiger partial charge in [0.05, 0.1) is 15.5 Å². The molecule has 0 heterocycles. The fraction of sp³-hybridized carbons (Fsp3) is 0.381. The topological polar surface area (TPSA) is 34.1 Å². The van der Waals surface area contributed by atoms with Crippen molar-refractivity contribution in [3.8, 4) is 0 Å².